The van der Waals surface area contributed by atoms with E-state index in [4.69, 9.17) is 5.41 Å². The maximum atomic E-state index is 7.59. The van der Waals surface area contributed by atoms with Crippen LogP contribution in [0.1, 0.15) is 40.0 Å². The molecule has 0 aliphatic heterocycles. The van der Waals surface area contributed by atoms with Crippen LogP contribution in [0.3, 0.4) is 0 Å². The van der Waals surface area contributed by atoms with Gasteiger partial charge in [0.15, 0.2) is 0 Å². The van der Waals surface area contributed by atoms with Gasteiger partial charge < -0.3 is 4.90 Å². The summed E-state index contributed by atoms with van der Waals surface area (Å²) in [6.45, 7) is 7.46. The molecule has 12 heavy (non-hydrogen) atoms. The van der Waals surface area contributed by atoms with Gasteiger partial charge in [-0.3, -0.25) is 5.41 Å². The summed E-state index contributed by atoms with van der Waals surface area (Å²) in [5.41, 5.74) is 0. The minimum Gasteiger partial charge on any atom is -0.358 e. The Kier molecular flexibility index (Phi) is 3.12. The molecule has 0 saturated heterocycles. The van der Waals surface area contributed by atoms with Gasteiger partial charge in [-0.1, -0.05) is 13.8 Å². The first-order chi connectivity index (χ1) is 5.61. The molecule has 2 nitrogen and oxygen atoms in total. The van der Waals surface area contributed by atoms with Crippen LogP contribution in [0.2, 0.25) is 0 Å². The molecule has 1 N–H and O–H groups in total. The van der Waals surface area contributed by atoms with Gasteiger partial charge in [-0.05, 0) is 32.1 Å². The summed E-state index contributed by atoms with van der Waals surface area (Å²) in [5.74, 6) is 1.50. The Hall–Kier alpha value is -0.530. The molecule has 1 aliphatic carbocycles. The van der Waals surface area contributed by atoms with E-state index in [1.165, 1.54) is 19.3 Å². The quantitative estimate of drug-likeness (QED) is 0.507. The van der Waals surface area contributed by atoms with E-state index in [-0.39, 0.29) is 0 Å². The zero-order valence-electron chi connectivity index (χ0n) is 8.43. The number of nitrogens with zero attached hydrogens (tertiary/aromatic N) is 1. The average molecular weight is 168 g/mol. The monoisotopic (exact) mass is 168 g/mol. The molecule has 2 heteroatoms. The highest BCUT2D eigenvalue weighted by atomic mass is 15.2. The van der Waals surface area contributed by atoms with Gasteiger partial charge in [0.1, 0.15) is 0 Å². The molecule has 70 valence electrons. The van der Waals surface area contributed by atoms with Gasteiger partial charge in [0.05, 0.1) is 5.84 Å². The van der Waals surface area contributed by atoms with E-state index in [1.807, 2.05) is 6.92 Å². The van der Waals surface area contributed by atoms with Crippen molar-refractivity contribution in [1.29, 1.82) is 5.41 Å². The van der Waals surface area contributed by atoms with Crippen molar-refractivity contribution in [2.75, 3.05) is 6.54 Å². The predicted molar refractivity (Wildman–Crippen MR) is 52.6 cm³/mol. The number of hydrogen-bond acceptors (Lipinski definition) is 1. The Morgan fingerprint density at radius 2 is 2.08 bits per heavy atom. The minimum absolute atomic E-state index is 0.709. The van der Waals surface area contributed by atoms with Crippen LogP contribution in [0.4, 0.5) is 0 Å². The molecule has 1 aliphatic rings. The van der Waals surface area contributed by atoms with Gasteiger partial charge in [-0.2, -0.15) is 0 Å². The summed E-state index contributed by atoms with van der Waals surface area (Å²) >= 11 is 0. The lowest BCUT2D eigenvalue weighted by Crippen LogP contribution is -2.32. The molecule has 1 saturated carbocycles. The van der Waals surface area contributed by atoms with E-state index in [1.54, 1.807) is 0 Å². The summed E-state index contributed by atoms with van der Waals surface area (Å²) < 4.78 is 0. The first kappa shape index (κ1) is 9.56. The molecule has 0 radical (unpaired) electrons. The van der Waals surface area contributed by atoms with Crippen molar-refractivity contribution in [3.8, 4) is 0 Å². The minimum atomic E-state index is 0.709. The molecule has 0 bridgehead atoms. The van der Waals surface area contributed by atoms with E-state index < -0.39 is 0 Å². The topological polar surface area (TPSA) is 27.1 Å². The molecule has 0 heterocycles. The van der Waals surface area contributed by atoms with Gasteiger partial charge in [0, 0.05) is 12.6 Å². The lowest BCUT2D eigenvalue weighted by molar-refractivity contribution is 0.368. The van der Waals surface area contributed by atoms with Crippen molar-refractivity contribution in [3.63, 3.8) is 0 Å². The normalized spacial score (nSPS) is 16.7. The number of rotatable bonds is 4. The Morgan fingerprint density at radius 3 is 2.42 bits per heavy atom. The molecule has 0 aromatic rings. The van der Waals surface area contributed by atoms with E-state index in [2.05, 4.69) is 18.7 Å². The average Bonchev–Trinajstić information content (AvgIpc) is 2.69. The number of nitrogens with one attached hydrogen (secondary N) is 1. The van der Waals surface area contributed by atoms with Crippen molar-refractivity contribution in [1.82, 2.24) is 4.90 Å². The van der Waals surface area contributed by atoms with Crippen molar-refractivity contribution < 1.29 is 0 Å². The molecule has 0 aromatic carbocycles. The van der Waals surface area contributed by atoms with Gasteiger partial charge in [-0.25, -0.2) is 0 Å². The highest BCUT2D eigenvalue weighted by Crippen LogP contribution is 2.27. The maximum absolute atomic E-state index is 7.59. The smallest absolute Gasteiger partial charge is 0.0928 e. The lowest BCUT2D eigenvalue weighted by atomic mass is 10.1. The van der Waals surface area contributed by atoms with Gasteiger partial charge in [0.2, 0.25) is 0 Å². The summed E-state index contributed by atoms with van der Waals surface area (Å²) in [7, 11) is 0. The number of hydrogen-bond donors (Lipinski definition) is 1. The summed E-state index contributed by atoms with van der Waals surface area (Å²) in [5, 5.41) is 7.59. The predicted octanol–water partition coefficient (Wildman–Crippen LogP) is 2.49. The Labute approximate surface area is 75.5 Å². The highest BCUT2D eigenvalue weighted by Gasteiger charge is 2.28. The van der Waals surface area contributed by atoms with Crippen LogP contribution in [0.15, 0.2) is 0 Å². The van der Waals surface area contributed by atoms with E-state index in [9.17, 15) is 0 Å². The SMILES string of the molecule is CC(=N)N(CCC(C)C)C1CC1. The summed E-state index contributed by atoms with van der Waals surface area (Å²) in [6.07, 6.45) is 3.81. The fourth-order valence-corrected chi connectivity index (χ4v) is 1.41. The fraction of sp³-hybridized carbons (Fsp3) is 0.900. The second kappa shape index (κ2) is 3.92. The van der Waals surface area contributed by atoms with Crippen LogP contribution < -0.4 is 0 Å². The molecule has 1 fully saturated rings. The van der Waals surface area contributed by atoms with Gasteiger partial charge >= 0.3 is 0 Å². The van der Waals surface area contributed by atoms with Crippen LogP contribution in [-0.2, 0) is 0 Å². The van der Waals surface area contributed by atoms with Crippen LogP contribution >= 0.6 is 0 Å². The molecule has 0 amide bonds. The van der Waals surface area contributed by atoms with Gasteiger partial charge in [0.25, 0.3) is 0 Å². The second-order valence-electron chi connectivity index (χ2n) is 4.19. The molecule has 0 spiro atoms. The molecule has 1 rings (SSSR count). The Morgan fingerprint density at radius 1 is 1.50 bits per heavy atom. The molecule has 0 aromatic heterocycles. The second-order valence-corrected chi connectivity index (χ2v) is 4.19. The lowest BCUT2D eigenvalue weighted by Gasteiger charge is -2.23. The zero-order valence-corrected chi connectivity index (χ0v) is 8.43. The molecule has 0 atom stereocenters. The van der Waals surface area contributed by atoms with Crippen LogP contribution in [-0.4, -0.2) is 23.3 Å². The standard InChI is InChI=1S/C10H20N2/c1-8(2)6-7-12(9(3)11)10-4-5-10/h8,10-11H,4-7H2,1-3H3. The van der Waals surface area contributed by atoms with Crippen molar-refractivity contribution in [2.45, 2.75) is 46.1 Å². The third-order valence-electron chi connectivity index (χ3n) is 2.37. The van der Waals surface area contributed by atoms with E-state index in [0.29, 0.717) is 6.04 Å². The van der Waals surface area contributed by atoms with E-state index >= 15 is 0 Å². The largest absolute Gasteiger partial charge is 0.358 e. The third kappa shape index (κ3) is 2.84. The number of amidine groups is 1. The van der Waals surface area contributed by atoms with Crippen LogP contribution in [0, 0.1) is 11.3 Å². The first-order valence-electron chi connectivity index (χ1n) is 4.93. The summed E-state index contributed by atoms with van der Waals surface area (Å²) in [6, 6.07) is 0.709. The van der Waals surface area contributed by atoms with Crippen molar-refractivity contribution >= 4 is 5.84 Å². The van der Waals surface area contributed by atoms with Crippen LogP contribution in [0.5, 0.6) is 0 Å². The fourth-order valence-electron chi connectivity index (χ4n) is 1.41. The first-order valence-corrected chi connectivity index (χ1v) is 4.93. The van der Waals surface area contributed by atoms with E-state index in [0.717, 1.165) is 18.3 Å². The molecular weight excluding hydrogens is 148 g/mol. The Bertz CT molecular complexity index is 159. The summed E-state index contributed by atoms with van der Waals surface area (Å²) in [4.78, 5) is 2.25. The van der Waals surface area contributed by atoms with Crippen molar-refractivity contribution in [2.24, 2.45) is 5.92 Å². The molecular formula is C10H20N2. The zero-order chi connectivity index (χ0) is 9.14. The maximum Gasteiger partial charge on any atom is 0.0928 e. The van der Waals surface area contributed by atoms with Crippen molar-refractivity contribution in [3.05, 3.63) is 0 Å². The Balaban J connectivity index is 2.28. The van der Waals surface area contributed by atoms with Gasteiger partial charge in [-0.15, -0.1) is 0 Å². The molecule has 0 unspecified atom stereocenters. The highest BCUT2D eigenvalue weighted by molar-refractivity contribution is 5.76. The van der Waals surface area contributed by atoms with Crippen LogP contribution in [0.25, 0.3) is 0 Å². The third-order valence-corrected chi connectivity index (χ3v) is 2.37.